The van der Waals surface area contributed by atoms with Gasteiger partial charge in [-0.15, -0.1) is 0 Å². The van der Waals surface area contributed by atoms with Crippen molar-refractivity contribution in [1.82, 2.24) is 0 Å². The van der Waals surface area contributed by atoms with Crippen LogP contribution in [-0.2, 0) is 4.74 Å². The van der Waals surface area contributed by atoms with Gasteiger partial charge in [-0.05, 0) is 36.5 Å². The first-order chi connectivity index (χ1) is 10.9. The van der Waals surface area contributed by atoms with Crippen molar-refractivity contribution in [2.75, 3.05) is 32.2 Å². The van der Waals surface area contributed by atoms with E-state index in [1.807, 2.05) is 0 Å². The van der Waals surface area contributed by atoms with Gasteiger partial charge in [0.2, 0.25) is 0 Å². The zero-order valence-corrected chi connectivity index (χ0v) is 14.9. The van der Waals surface area contributed by atoms with Gasteiger partial charge < -0.3 is 14.7 Å². The molecule has 3 heteroatoms. The average Bonchev–Trinajstić information content (AvgIpc) is 2.53. The van der Waals surface area contributed by atoms with Crippen LogP contribution >= 0.6 is 0 Å². The predicted molar refractivity (Wildman–Crippen MR) is 94.6 cm³/mol. The molecule has 1 N–H and O–H groups in total. The highest BCUT2D eigenvalue weighted by Gasteiger charge is 2.53. The number of benzene rings is 1. The molecule has 23 heavy (non-hydrogen) atoms. The number of rotatable bonds is 3. The van der Waals surface area contributed by atoms with Crippen LogP contribution in [0.3, 0.4) is 0 Å². The first-order valence-electron chi connectivity index (χ1n) is 8.59. The highest BCUT2D eigenvalue weighted by atomic mass is 16.5. The molecule has 1 heterocycles. The largest absolute Gasteiger partial charge is 0.396 e. The quantitative estimate of drug-likeness (QED) is 0.864. The number of aliphatic hydroxyl groups excluding tert-OH is 1. The zero-order valence-electron chi connectivity index (χ0n) is 14.9. The van der Waals surface area contributed by atoms with Gasteiger partial charge in [0.1, 0.15) is 0 Å². The Balaban J connectivity index is 1.95. The summed E-state index contributed by atoms with van der Waals surface area (Å²) in [6.07, 6.45) is 2.44. The van der Waals surface area contributed by atoms with Gasteiger partial charge in [0.05, 0.1) is 19.3 Å². The Morgan fingerprint density at radius 3 is 2.43 bits per heavy atom. The van der Waals surface area contributed by atoms with Crippen molar-refractivity contribution < 1.29 is 9.84 Å². The van der Waals surface area contributed by atoms with Crippen LogP contribution < -0.4 is 4.90 Å². The second-order valence-corrected chi connectivity index (χ2v) is 7.62. The van der Waals surface area contributed by atoms with E-state index in [-0.39, 0.29) is 18.1 Å². The summed E-state index contributed by atoms with van der Waals surface area (Å²) in [4.78, 5) is 2.11. The third-order valence-corrected chi connectivity index (χ3v) is 6.28. The normalized spacial score (nSPS) is 36.5. The second kappa shape index (κ2) is 5.95. The fourth-order valence-corrected chi connectivity index (χ4v) is 4.55. The monoisotopic (exact) mass is 315 g/mol. The van der Waals surface area contributed by atoms with Crippen LogP contribution in [-0.4, -0.2) is 32.4 Å². The number of ether oxygens (including phenoxy) is 1. The van der Waals surface area contributed by atoms with E-state index < -0.39 is 0 Å². The third-order valence-electron chi connectivity index (χ3n) is 6.28. The highest BCUT2D eigenvalue weighted by Crippen LogP contribution is 2.55. The molecule has 0 radical (unpaired) electrons. The minimum atomic E-state index is -0.135. The highest BCUT2D eigenvalue weighted by molar-refractivity contribution is 5.46. The maximum Gasteiger partial charge on any atom is 0.0893 e. The lowest BCUT2D eigenvalue weighted by molar-refractivity contribution is -0.165. The van der Waals surface area contributed by atoms with E-state index in [1.54, 1.807) is 0 Å². The number of aliphatic hydroxyl groups is 1. The van der Waals surface area contributed by atoms with Crippen LogP contribution in [0, 0.1) is 23.2 Å². The summed E-state index contributed by atoms with van der Waals surface area (Å²) in [5.74, 6) is 1.12. The van der Waals surface area contributed by atoms with Gasteiger partial charge in [-0.2, -0.15) is 0 Å². The number of nitrogens with zero attached hydrogens (tertiary/aromatic N) is 1. The molecule has 5 atom stereocenters. The zero-order chi connectivity index (χ0) is 16.8. The lowest BCUT2D eigenvalue weighted by Crippen LogP contribution is -2.53. The second-order valence-electron chi connectivity index (χ2n) is 7.62. The van der Waals surface area contributed by atoms with E-state index in [2.05, 4.69) is 70.1 Å². The fraction of sp³-hybridized carbons (Fsp3) is 0.600. The Kier molecular flexibility index (Phi) is 4.28. The van der Waals surface area contributed by atoms with Gasteiger partial charge in [0.15, 0.2) is 0 Å². The maximum absolute atomic E-state index is 10.1. The number of allylic oxidation sites excluding steroid dienone is 1. The van der Waals surface area contributed by atoms with Crippen molar-refractivity contribution in [1.29, 1.82) is 0 Å². The van der Waals surface area contributed by atoms with Crippen LogP contribution in [0.5, 0.6) is 0 Å². The van der Waals surface area contributed by atoms with Gasteiger partial charge >= 0.3 is 0 Å². The van der Waals surface area contributed by atoms with Crippen molar-refractivity contribution in [2.24, 2.45) is 23.2 Å². The Bertz CT molecular complexity index is 592. The number of fused-ring (bicyclic) bond motifs is 2. The number of hydrogen-bond acceptors (Lipinski definition) is 3. The Morgan fingerprint density at radius 2 is 1.87 bits per heavy atom. The SMILES string of the molecule is CC1=C[C@H](C)[C@]2(CO)CO[C@@H](c3ccc(N(C)C)cc3)[C@@H]1[C@@H]2C. The summed E-state index contributed by atoms with van der Waals surface area (Å²) >= 11 is 0. The average molecular weight is 315 g/mol. The smallest absolute Gasteiger partial charge is 0.0893 e. The van der Waals surface area contributed by atoms with Crippen LogP contribution in [0.15, 0.2) is 35.9 Å². The van der Waals surface area contributed by atoms with Crippen LogP contribution in [0.2, 0.25) is 0 Å². The molecule has 0 spiro atoms. The summed E-state index contributed by atoms with van der Waals surface area (Å²) in [7, 11) is 4.11. The van der Waals surface area contributed by atoms with Crippen LogP contribution in [0.25, 0.3) is 0 Å². The molecule has 0 unspecified atom stereocenters. The molecule has 0 saturated carbocycles. The van der Waals surface area contributed by atoms with Gasteiger partial charge in [-0.3, -0.25) is 0 Å². The van der Waals surface area contributed by atoms with Gasteiger partial charge in [-0.25, -0.2) is 0 Å². The van der Waals surface area contributed by atoms with Gasteiger partial charge in [0.25, 0.3) is 0 Å². The molecule has 126 valence electrons. The van der Waals surface area contributed by atoms with Gasteiger partial charge in [0, 0.05) is 31.1 Å². The molecule has 3 nitrogen and oxygen atoms in total. The number of anilines is 1. The molecule has 2 bridgehead atoms. The van der Waals surface area contributed by atoms with E-state index in [9.17, 15) is 5.11 Å². The molecule has 1 aromatic carbocycles. The number of hydrogen-bond donors (Lipinski definition) is 1. The summed E-state index contributed by atoms with van der Waals surface area (Å²) in [6.45, 7) is 7.54. The first-order valence-corrected chi connectivity index (χ1v) is 8.59. The molecule has 1 aromatic rings. The van der Waals surface area contributed by atoms with Gasteiger partial charge in [-0.1, -0.05) is 37.6 Å². The molecule has 1 saturated heterocycles. The molecule has 0 aromatic heterocycles. The van der Waals surface area contributed by atoms with E-state index in [0.717, 1.165) is 0 Å². The molecule has 2 aliphatic rings. The molecule has 1 aliphatic heterocycles. The molecular weight excluding hydrogens is 286 g/mol. The standard InChI is InChI=1S/C20H29NO2/c1-13-10-14(2)20(11-22)12-23-19(18(13)15(20)3)16-6-8-17(9-7-16)21(4)5/h6-10,14-15,18-19,22H,11-12H2,1-5H3/t14-,15-,18-,19-,20-/m0/s1. The first kappa shape index (κ1) is 16.5. The van der Waals surface area contributed by atoms with Crippen LogP contribution in [0.4, 0.5) is 5.69 Å². The van der Waals surface area contributed by atoms with E-state index in [0.29, 0.717) is 24.4 Å². The minimum Gasteiger partial charge on any atom is -0.396 e. The molecule has 0 amide bonds. The topological polar surface area (TPSA) is 32.7 Å². The molecule has 1 fully saturated rings. The Morgan fingerprint density at radius 1 is 1.22 bits per heavy atom. The summed E-state index contributed by atoms with van der Waals surface area (Å²) in [5, 5.41) is 10.1. The summed E-state index contributed by atoms with van der Waals surface area (Å²) in [5.41, 5.74) is 3.70. The maximum atomic E-state index is 10.1. The molecule has 3 rings (SSSR count). The molecule has 1 aliphatic carbocycles. The Hall–Kier alpha value is -1.32. The lowest BCUT2D eigenvalue weighted by atomic mass is 9.56. The van der Waals surface area contributed by atoms with Crippen molar-refractivity contribution in [3.8, 4) is 0 Å². The third kappa shape index (κ3) is 2.50. The van der Waals surface area contributed by atoms with Crippen LogP contribution in [0.1, 0.15) is 32.4 Å². The van der Waals surface area contributed by atoms with E-state index in [1.165, 1.54) is 16.8 Å². The van der Waals surface area contributed by atoms with Crippen molar-refractivity contribution >= 4 is 5.69 Å². The predicted octanol–water partition coefficient (Wildman–Crippen LogP) is 3.65. The Labute approximate surface area is 140 Å². The minimum absolute atomic E-state index is 0.0876. The lowest BCUT2D eigenvalue weighted by Gasteiger charge is -2.55. The van der Waals surface area contributed by atoms with Crippen molar-refractivity contribution in [2.45, 2.75) is 26.9 Å². The van der Waals surface area contributed by atoms with E-state index in [4.69, 9.17) is 4.74 Å². The van der Waals surface area contributed by atoms with Crippen molar-refractivity contribution in [3.63, 3.8) is 0 Å². The molecular formula is C20H29NO2. The van der Waals surface area contributed by atoms with E-state index >= 15 is 0 Å². The fourth-order valence-electron chi connectivity index (χ4n) is 4.55. The van der Waals surface area contributed by atoms with Crippen molar-refractivity contribution in [3.05, 3.63) is 41.5 Å². The summed E-state index contributed by atoms with van der Waals surface area (Å²) in [6, 6.07) is 8.68. The summed E-state index contributed by atoms with van der Waals surface area (Å²) < 4.78 is 6.32.